The summed E-state index contributed by atoms with van der Waals surface area (Å²) in [6, 6.07) is 13.5. The minimum atomic E-state index is -3.71. The Morgan fingerprint density at radius 3 is 2.48 bits per heavy atom. The van der Waals surface area contributed by atoms with Crippen LogP contribution in [0.3, 0.4) is 0 Å². The Morgan fingerprint density at radius 2 is 1.78 bits per heavy atom. The number of halogens is 1. The minimum absolute atomic E-state index is 0.201. The second-order valence-corrected chi connectivity index (χ2v) is 9.46. The van der Waals surface area contributed by atoms with E-state index in [1.165, 1.54) is 3.97 Å². The number of hydrogen-bond donors (Lipinski definition) is 2. The van der Waals surface area contributed by atoms with Crippen molar-refractivity contribution in [2.45, 2.75) is 11.4 Å². The fraction of sp³-hybridized carbons (Fsp3) is 0.263. The van der Waals surface area contributed by atoms with Crippen molar-refractivity contribution in [3.8, 4) is 5.75 Å². The molecule has 0 aliphatic carbocycles. The number of fused-ring (bicyclic) bond motifs is 1. The van der Waals surface area contributed by atoms with Crippen LogP contribution in [-0.4, -0.2) is 48.6 Å². The van der Waals surface area contributed by atoms with E-state index in [0.717, 1.165) is 37.1 Å². The summed E-state index contributed by atoms with van der Waals surface area (Å²) in [5.41, 5.74) is 1.36. The van der Waals surface area contributed by atoms with Crippen LogP contribution < -0.4 is 5.32 Å². The molecule has 1 aliphatic rings. The molecule has 3 aromatic rings. The summed E-state index contributed by atoms with van der Waals surface area (Å²) in [6.07, 6.45) is 0. The SMILES string of the molecule is O=S(=O)(c1ccccc1)n1c(I)cc2c(CN3CCNCC3)c(O)ccc21. The molecule has 1 aliphatic heterocycles. The average molecular weight is 497 g/mol. The van der Waals surface area contributed by atoms with Crippen LogP contribution in [0.2, 0.25) is 0 Å². The molecule has 6 nitrogen and oxygen atoms in total. The fourth-order valence-corrected chi connectivity index (χ4v) is 6.23. The quantitative estimate of drug-likeness (QED) is 0.543. The number of rotatable bonds is 4. The van der Waals surface area contributed by atoms with Crippen molar-refractivity contribution in [1.29, 1.82) is 0 Å². The van der Waals surface area contributed by atoms with E-state index < -0.39 is 10.0 Å². The van der Waals surface area contributed by atoms with E-state index in [1.54, 1.807) is 42.5 Å². The van der Waals surface area contributed by atoms with E-state index in [4.69, 9.17) is 0 Å². The van der Waals surface area contributed by atoms with Gasteiger partial charge < -0.3 is 10.4 Å². The van der Waals surface area contributed by atoms with Gasteiger partial charge in [-0.15, -0.1) is 0 Å². The van der Waals surface area contributed by atoms with Crippen molar-refractivity contribution < 1.29 is 13.5 Å². The Hall–Kier alpha value is -1.62. The molecule has 0 amide bonds. The molecule has 0 unspecified atom stereocenters. The molecule has 142 valence electrons. The summed E-state index contributed by atoms with van der Waals surface area (Å²) in [4.78, 5) is 2.51. The number of piperazine rings is 1. The van der Waals surface area contributed by atoms with Crippen LogP contribution in [0, 0.1) is 3.70 Å². The molecule has 0 saturated carbocycles. The van der Waals surface area contributed by atoms with Crippen molar-refractivity contribution in [3.63, 3.8) is 0 Å². The third-order valence-corrected chi connectivity index (χ3v) is 7.72. The summed E-state index contributed by atoms with van der Waals surface area (Å²) < 4.78 is 28.3. The first-order valence-electron chi connectivity index (χ1n) is 8.74. The Labute approximate surface area is 172 Å². The van der Waals surface area contributed by atoms with Crippen molar-refractivity contribution in [1.82, 2.24) is 14.2 Å². The van der Waals surface area contributed by atoms with Gasteiger partial charge in [0.15, 0.2) is 0 Å². The molecule has 0 atom stereocenters. The summed E-state index contributed by atoms with van der Waals surface area (Å²) >= 11 is 2.04. The van der Waals surface area contributed by atoms with Gasteiger partial charge in [0.05, 0.1) is 14.1 Å². The lowest BCUT2D eigenvalue weighted by Crippen LogP contribution is -2.42. The van der Waals surface area contributed by atoms with E-state index in [2.05, 4.69) is 10.2 Å². The van der Waals surface area contributed by atoms with Gasteiger partial charge in [-0.25, -0.2) is 12.4 Å². The predicted octanol–water partition coefficient (Wildman–Crippen LogP) is 2.59. The number of phenols is 1. The van der Waals surface area contributed by atoms with Crippen LogP contribution in [0.1, 0.15) is 5.56 Å². The molecule has 1 saturated heterocycles. The van der Waals surface area contributed by atoms with Crippen LogP contribution >= 0.6 is 22.6 Å². The number of aromatic hydroxyl groups is 1. The lowest BCUT2D eigenvalue weighted by atomic mass is 10.1. The fourth-order valence-electron chi connectivity index (χ4n) is 3.47. The molecule has 0 radical (unpaired) electrons. The van der Waals surface area contributed by atoms with E-state index in [9.17, 15) is 13.5 Å². The zero-order chi connectivity index (χ0) is 19.0. The number of aromatic nitrogens is 1. The molecule has 0 bridgehead atoms. The van der Waals surface area contributed by atoms with Crippen LogP contribution in [-0.2, 0) is 16.6 Å². The molecule has 2 heterocycles. The van der Waals surface area contributed by atoms with Crippen LogP contribution in [0.5, 0.6) is 5.75 Å². The Bertz CT molecular complexity index is 1070. The van der Waals surface area contributed by atoms with Gasteiger partial charge in [-0.05, 0) is 52.9 Å². The average Bonchev–Trinajstić information content (AvgIpc) is 3.02. The largest absolute Gasteiger partial charge is 0.508 e. The Balaban J connectivity index is 1.84. The number of hydrogen-bond acceptors (Lipinski definition) is 5. The van der Waals surface area contributed by atoms with Crippen molar-refractivity contribution in [2.24, 2.45) is 0 Å². The maximum absolute atomic E-state index is 13.2. The van der Waals surface area contributed by atoms with Gasteiger partial charge in [0.1, 0.15) is 5.75 Å². The van der Waals surface area contributed by atoms with Gasteiger partial charge in [-0.3, -0.25) is 4.90 Å². The summed E-state index contributed by atoms with van der Waals surface area (Å²) in [5, 5.41) is 14.5. The van der Waals surface area contributed by atoms with Gasteiger partial charge in [0, 0.05) is 43.7 Å². The normalized spacial score (nSPS) is 16.0. The maximum atomic E-state index is 13.2. The first-order valence-corrected chi connectivity index (χ1v) is 11.3. The number of phenolic OH excluding ortho intramolecular Hbond substituents is 1. The first kappa shape index (κ1) is 18.7. The molecule has 1 aromatic heterocycles. The van der Waals surface area contributed by atoms with Gasteiger partial charge in [-0.1, -0.05) is 18.2 Å². The highest BCUT2D eigenvalue weighted by atomic mass is 127. The van der Waals surface area contributed by atoms with E-state index in [0.29, 0.717) is 15.8 Å². The van der Waals surface area contributed by atoms with E-state index >= 15 is 0 Å². The zero-order valence-corrected chi connectivity index (χ0v) is 17.6. The minimum Gasteiger partial charge on any atom is -0.508 e. The van der Waals surface area contributed by atoms with Crippen LogP contribution in [0.25, 0.3) is 10.9 Å². The molecule has 8 heteroatoms. The molecule has 4 rings (SSSR count). The van der Waals surface area contributed by atoms with Crippen molar-refractivity contribution in [2.75, 3.05) is 26.2 Å². The van der Waals surface area contributed by atoms with E-state index in [-0.39, 0.29) is 10.6 Å². The maximum Gasteiger partial charge on any atom is 0.269 e. The number of nitrogens with one attached hydrogen (secondary N) is 1. The highest BCUT2D eigenvalue weighted by molar-refractivity contribution is 14.1. The topological polar surface area (TPSA) is 74.6 Å². The van der Waals surface area contributed by atoms with E-state index in [1.807, 2.05) is 28.7 Å². The third-order valence-electron chi connectivity index (χ3n) is 4.86. The highest BCUT2D eigenvalue weighted by Crippen LogP contribution is 2.34. The lowest BCUT2D eigenvalue weighted by molar-refractivity contribution is 0.231. The molecule has 2 aromatic carbocycles. The molecular formula is C19H20IN3O3S. The lowest BCUT2D eigenvalue weighted by Gasteiger charge is -2.27. The number of nitrogens with zero attached hydrogens (tertiary/aromatic N) is 2. The van der Waals surface area contributed by atoms with Crippen LogP contribution in [0.4, 0.5) is 0 Å². The second-order valence-electron chi connectivity index (χ2n) is 6.57. The smallest absolute Gasteiger partial charge is 0.269 e. The molecule has 1 fully saturated rings. The van der Waals surface area contributed by atoms with Gasteiger partial charge in [-0.2, -0.15) is 0 Å². The molecule has 2 N–H and O–H groups in total. The summed E-state index contributed by atoms with van der Waals surface area (Å²) in [6.45, 7) is 4.22. The monoisotopic (exact) mass is 497 g/mol. The molecule has 0 spiro atoms. The van der Waals surface area contributed by atoms with Gasteiger partial charge in [0.25, 0.3) is 10.0 Å². The standard InChI is InChI=1S/C19H20IN3O3S/c20-19-12-15-16(13-22-10-8-21-9-11-22)18(24)7-6-17(15)23(19)27(25,26)14-4-2-1-3-5-14/h1-7,12,21,24H,8-11,13H2. The highest BCUT2D eigenvalue weighted by Gasteiger charge is 2.24. The Kier molecular flexibility index (Phi) is 5.15. The molecular weight excluding hydrogens is 477 g/mol. The number of benzene rings is 2. The summed E-state index contributed by atoms with van der Waals surface area (Å²) in [7, 11) is -3.71. The summed E-state index contributed by atoms with van der Waals surface area (Å²) in [5.74, 6) is 0.201. The van der Waals surface area contributed by atoms with Gasteiger partial charge in [0.2, 0.25) is 0 Å². The molecule has 27 heavy (non-hydrogen) atoms. The zero-order valence-electron chi connectivity index (χ0n) is 14.6. The van der Waals surface area contributed by atoms with Gasteiger partial charge >= 0.3 is 0 Å². The predicted molar refractivity (Wildman–Crippen MR) is 113 cm³/mol. The Morgan fingerprint density at radius 1 is 1.07 bits per heavy atom. The first-order chi connectivity index (χ1) is 13.0. The second kappa shape index (κ2) is 7.42. The van der Waals surface area contributed by atoms with Crippen LogP contribution in [0.15, 0.2) is 53.4 Å². The third kappa shape index (κ3) is 3.46. The van der Waals surface area contributed by atoms with Crippen molar-refractivity contribution >= 4 is 43.5 Å². The van der Waals surface area contributed by atoms with Crippen molar-refractivity contribution in [3.05, 3.63) is 57.8 Å².